The van der Waals surface area contributed by atoms with Gasteiger partial charge in [0.05, 0.1) is 5.37 Å². The minimum absolute atomic E-state index is 0.0944. The van der Waals surface area contributed by atoms with E-state index in [1.54, 1.807) is 6.92 Å². The second-order valence-corrected chi connectivity index (χ2v) is 6.51. The molecule has 0 aromatic carbocycles. The van der Waals surface area contributed by atoms with Crippen molar-refractivity contribution in [3.63, 3.8) is 0 Å². The van der Waals surface area contributed by atoms with Gasteiger partial charge in [0.15, 0.2) is 5.82 Å². The summed E-state index contributed by atoms with van der Waals surface area (Å²) in [5, 5.41) is 12.8. The lowest BCUT2D eigenvalue weighted by Crippen LogP contribution is -2.47. The van der Waals surface area contributed by atoms with Gasteiger partial charge in [-0.1, -0.05) is 19.0 Å². The number of aryl methyl sites for hydroxylation is 2. The van der Waals surface area contributed by atoms with Crippen molar-refractivity contribution in [2.75, 3.05) is 5.75 Å². The molecule has 1 saturated heterocycles. The van der Waals surface area contributed by atoms with Crippen LogP contribution in [0.25, 0.3) is 0 Å². The summed E-state index contributed by atoms with van der Waals surface area (Å²) in [7, 11) is 0. The van der Waals surface area contributed by atoms with Crippen LogP contribution in [0, 0.1) is 12.8 Å². The predicted molar refractivity (Wildman–Crippen MR) is 76.7 cm³/mol. The summed E-state index contributed by atoms with van der Waals surface area (Å²) in [5.74, 6) is 0.436. The molecule has 7 nitrogen and oxygen atoms in total. The van der Waals surface area contributed by atoms with Crippen LogP contribution in [-0.4, -0.2) is 49.2 Å². The van der Waals surface area contributed by atoms with Gasteiger partial charge in [0.1, 0.15) is 6.04 Å². The molecule has 2 unspecified atom stereocenters. The Morgan fingerprint density at radius 2 is 2.24 bits per heavy atom. The van der Waals surface area contributed by atoms with Gasteiger partial charge >= 0.3 is 5.97 Å². The number of aromatic nitrogens is 2. The second kappa shape index (κ2) is 6.46. The Kier molecular flexibility index (Phi) is 4.87. The van der Waals surface area contributed by atoms with Crippen molar-refractivity contribution in [2.24, 2.45) is 5.92 Å². The monoisotopic (exact) mass is 313 g/mol. The van der Waals surface area contributed by atoms with Crippen LogP contribution in [0.5, 0.6) is 0 Å². The van der Waals surface area contributed by atoms with Crippen LogP contribution in [0.3, 0.4) is 0 Å². The first-order valence-corrected chi connectivity index (χ1v) is 7.89. The van der Waals surface area contributed by atoms with E-state index >= 15 is 0 Å². The molecule has 1 aliphatic heterocycles. The van der Waals surface area contributed by atoms with E-state index in [0.717, 1.165) is 0 Å². The summed E-state index contributed by atoms with van der Waals surface area (Å²) in [5.41, 5.74) is 0. The molecule has 1 aliphatic rings. The highest BCUT2D eigenvalue weighted by Gasteiger charge is 2.42. The van der Waals surface area contributed by atoms with Crippen molar-refractivity contribution >= 4 is 23.6 Å². The van der Waals surface area contributed by atoms with Gasteiger partial charge in [0.25, 0.3) is 0 Å². The number of amides is 1. The number of carboxylic acids is 1. The Hall–Kier alpha value is -1.57. The Labute approximate surface area is 127 Å². The summed E-state index contributed by atoms with van der Waals surface area (Å²) < 4.78 is 4.97. The second-order valence-electron chi connectivity index (χ2n) is 5.36. The SMILES string of the molecule is Cc1noc(CCC(=O)N2C(C(=O)O)CSC2C(C)C)n1. The van der Waals surface area contributed by atoms with Crippen molar-refractivity contribution in [1.29, 1.82) is 0 Å². The zero-order chi connectivity index (χ0) is 15.6. The van der Waals surface area contributed by atoms with E-state index in [1.165, 1.54) is 16.7 Å². The maximum absolute atomic E-state index is 12.4. The summed E-state index contributed by atoms with van der Waals surface area (Å²) in [6.45, 7) is 5.69. The maximum Gasteiger partial charge on any atom is 0.327 e. The Balaban J connectivity index is 2.04. The van der Waals surface area contributed by atoms with Crippen LogP contribution in [0.2, 0.25) is 0 Å². The highest BCUT2D eigenvalue weighted by atomic mass is 32.2. The number of carboxylic acid groups (broad SMARTS) is 1. The van der Waals surface area contributed by atoms with Gasteiger partial charge in [0, 0.05) is 18.6 Å². The molecule has 116 valence electrons. The molecule has 2 rings (SSSR count). The highest BCUT2D eigenvalue weighted by molar-refractivity contribution is 8.00. The number of rotatable bonds is 5. The molecule has 1 amide bonds. The quantitative estimate of drug-likeness (QED) is 0.875. The van der Waals surface area contributed by atoms with E-state index in [2.05, 4.69) is 10.1 Å². The van der Waals surface area contributed by atoms with Crippen LogP contribution in [0.4, 0.5) is 0 Å². The largest absolute Gasteiger partial charge is 0.480 e. The molecular formula is C13H19N3O4S. The number of carbonyl (C=O) groups excluding carboxylic acids is 1. The van der Waals surface area contributed by atoms with Gasteiger partial charge < -0.3 is 14.5 Å². The summed E-state index contributed by atoms with van der Waals surface area (Å²) in [4.78, 5) is 29.3. The molecule has 0 bridgehead atoms. The van der Waals surface area contributed by atoms with Gasteiger partial charge in [-0.3, -0.25) is 4.79 Å². The summed E-state index contributed by atoms with van der Waals surface area (Å²) in [6.07, 6.45) is 0.507. The number of hydrogen-bond donors (Lipinski definition) is 1. The average molecular weight is 313 g/mol. The number of nitrogens with zero attached hydrogens (tertiary/aromatic N) is 3. The molecule has 1 aromatic heterocycles. The average Bonchev–Trinajstić information content (AvgIpc) is 3.01. The van der Waals surface area contributed by atoms with Crippen molar-refractivity contribution in [1.82, 2.24) is 15.0 Å². The molecule has 1 N–H and O–H groups in total. The standard InChI is InChI=1S/C13H19N3O4S/c1-7(2)12-16(9(6-21-12)13(18)19)11(17)5-4-10-14-8(3)15-20-10/h7,9,12H,4-6H2,1-3H3,(H,18,19). The number of thioether (sulfide) groups is 1. The van der Waals surface area contributed by atoms with Crippen LogP contribution in [0.1, 0.15) is 32.0 Å². The highest BCUT2D eigenvalue weighted by Crippen LogP contribution is 2.34. The normalized spacial score (nSPS) is 22.0. The van der Waals surface area contributed by atoms with Crippen molar-refractivity contribution in [3.05, 3.63) is 11.7 Å². The van der Waals surface area contributed by atoms with Gasteiger partial charge in [-0.15, -0.1) is 11.8 Å². The first-order valence-electron chi connectivity index (χ1n) is 6.85. The van der Waals surface area contributed by atoms with E-state index in [1.807, 2.05) is 13.8 Å². The molecule has 0 aliphatic carbocycles. The molecule has 21 heavy (non-hydrogen) atoms. The lowest BCUT2D eigenvalue weighted by molar-refractivity contribution is -0.149. The van der Waals surface area contributed by atoms with E-state index < -0.39 is 12.0 Å². The fraction of sp³-hybridized carbons (Fsp3) is 0.692. The van der Waals surface area contributed by atoms with Crippen LogP contribution >= 0.6 is 11.8 Å². The van der Waals surface area contributed by atoms with E-state index in [9.17, 15) is 14.7 Å². The topological polar surface area (TPSA) is 96.5 Å². The Morgan fingerprint density at radius 3 is 2.76 bits per heavy atom. The van der Waals surface area contributed by atoms with Crippen molar-refractivity contribution in [3.8, 4) is 0 Å². The molecular weight excluding hydrogens is 294 g/mol. The van der Waals surface area contributed by atoms with Gasteiger partial charge in [-0.25, -0.2) is 4.79 Å². The lowest BCUT2D eigenvalue weighted by atomic mass is 10.1. The molecule has 0 saturated carbocycles. The van der Waals surface area contributed by atoms with E-state index in [4.69, 9.17) is 4.52 Å². The minimum Gasteiger partial charge on any atom is -0.480 e. The molecule has 8 heteroatoms. The third-order valence-corrected chi connectivity index (χ3v) is 4.92. The van der Waals surface area contributed by atoms with Crippen molar-refractivity contribution in [2.45, 2.75) is 45.0 Å². The fourth-order valence-electron chi connectivity index (χ4n) is 2.33. The van der Waals surface area contributed by atoms with Crippen LogP contribution < -0.4 is 0 Å². The van der Waals surface area contributed by atoms with E-state index in [-0.39, 0.29) is 23.6 Å². The van der Waals surface area contributed by atoms with Gasteiger partial charge in [-0.2, -0.15) is 4.98 Å². The third-order valence-electron chi connectivity index (χ3n) is 3.30. The summed E-state index contributed by atoms with van der Waals surface area (Å²) >= 11 is 1.52. The Morgan fingerprint density at radius 1 is 1.52 bits per heavy atom. The van der Waals surface area contributed by atoms with Gasteiger partial charge in [0.2, 0.25) is 11.8 Å². The Bertz CT molecular complexity index is 531. The fourth-order valence-corrected chi connectivity index (χ4v) is 3.82. The zero-order valence-electron chi connectivity index (χ0n) is 12.3. The third kappa shape index (κ3) is 3.55. The van der Waals surface area contributed by atoms with Crippen molar-refractivity contribution < 1.29 is 19.2 Å². The molecule has 2 atom stereocenters. The zero-order valence-corrected chi connectivity index (χ0v) is 13.1. The molecule has 0 radical (unpaired) electrons. The number of carbonyl (C=O) groups is 2. The minimum atomic E-state index is -0.951. The summed E-state index contributed by atoms with van der Waals surface area (Å²) in [6, 6.07) is -0.751. The van der Waals surface area contributed by atoms with Crippen LogP contribution in [-0.2, 0) is 16.0 Å². The first kappa shape index (κ1) is 15.8. The smallest absolute Gasteiger partial charge is 0.327 e. The molecule has 0 spiro atoms. The van der Waals surface area contributed by atoms with E-state index in [0.29, 0.717) is 23.9 Å². The lowest BCUT2D eigenvalue weighted by Gasteiger charge is -2.29. The number of hydrogen-bond acceptors (Lipinski definition) is 6. The first-order chi connectivity index (χ1) is 9.90. The van der Waals surface area contributed by atoms with Crippen LogP contribution in [0.15, 0.2) is 4.52 Å². The molecule has 1 aromatic rings. The number of aliphatic carboxylic acids is 1. The maximum atomic E-state index is 12.4. The molecule has 2 heterocycles. The van der Waals surface area contributed by atoms with Gasteiger partial charge in [-0.05, 0) is 12.8 Å². The molecule has 1 fully saturated rings. The predicted octanol–water partition coefficient (Wildman–Crippen LogP) is 1.32.